The van der Waals surface area contributed by atoms with Crippen LogP contribution in [0.25, 0.3) is 10.9 Å². The van der Waals surface area contributed by atoms with Crippen molar-refractivity contribution in [2.24, 2.45) is 11.3 Å². The molecule has 3 amide bonds. The molecular formula is C24H27F3N6O3. The van der Waals surface area contributed by atoms with E-state index in [2.05, 4.69) is 15.3 Å². The molecule has 0 radical (unpaired) electrons. The molecule has 12 heteroatoms. The maximum absolute atomic E-state index is 13.4. The topological polar surface area (TPSA) is 128 Å². The predicted octanol–water partition coefficient (Wildman–Crippen LogP) is 2.64. The number of likely N-dealkylation sites (tertiary alicyclic amines) is 1. The third-order valence-electron chi connectivity index (χ3n) is 6.16. The quantitative estimate of drug-likeness (QED) is 0.644. The van der Waals surface area contributed by atoms with Gasteiger partial charge in [-0.25, -0.2) is 0 Å². The number of pyridine rings is 2. The van der Waals surface area contributed by atoms with E-state index in [1.807, 2.05) is 6.07 Å². The van der Waals surface area contributed by atoms with Crippen LogP contribution >= 0.6 is 0 Å². The zero-order valence-corrected chi connectivity index (χ0v) is 20.3. The molecule has 4 atom stereocenters. The minimum atomic E-state index is -5.17. The standard InChI is InChI=1S/C24H27F3N6O3/c1-13-7-9-33(21(35)19(23(2,3)4)32-22(36)24(25,26)27)18(13)20(34)31-16(10-28)15-12-29-11-14-6-5-8-30-17(14)15/h5-6,8,11-13,16,18-19H,7,9H2,1-4H3,(H,31,34)(H,32,36)/t13-,16+,18-,19+/m0/s1. The van der Waals surface area contributed by atoms with E-state index < -0.39 is 47.4 Å². The molecule has 0 bridgehead atoms. The second kappa shape index (κ2) is 10.1. The fourth-order valence-corrected chi connectivity index (χ4v) is 4.26. The lowest BCUT2D eigenvalue weighted by Crippen LogP contribution is -2.60. The van der Waals surface area contributed by atoms with E-state index in [0.29, 0.717) is 22.9 Å². The van der Waals surface area contributed by atoms with Gasteiger partial charge in [0.05, 0.1) is 11.6 Å². The summed E-state index contributed by atoms with van der Waals surface area (Å²) < 4.78 is 38.8. The number of carbonyl (C=O) groups is 3. The van der Waals surface area contributed by atoms with Crippen LogP contribution in [0.5, 0.6) is 0 Å². The highest BCUT2D eigenvalue weighted by Crippen LogP contribution is 2.30. The molecule has 1 aliphatic rings. The average molecular weight is 505 g/mol. The Kier molecular flexibility index (Phi) is 7.52. The van der Waals surface area contributed by atoms with Crippen molar-refractivity contribution in [3.63, 3.8) is 0 Å². The molecule has 0 unspecified atom stereocenters. The smallest absolute Gasteiger partial charge is 0.336 e. The van der Waals surface area contributed by atoms with Crippen LogP contribution in [0.4, 0.5) is 13.2 Å². The van der Waals surface area contributed by atoms with Crippen LogP contribution in [-0.2, 0) is 14.4 Å². The van der Waals surface area contributed by atoms with Gasteiger partial charge >= 0.3 is 12.1 Å². The van der Waals surface area contributed by atoms with Crippen molar-refractivity contribution in [2.45, 2.75) is 58.4 Å². The van der Waals surface area contributed by atoms with Gasteiger partial charge in [0.25, 0.3) is 0 Å². The first-order valence-electron chi connectivity index (χ1n) is 11.3. The van der Waals surface area contributed by atoms with E-state index in [1.54, 1.807) is 36.8 Å². The van der Waals surface area contributed by atoms with Gasteiger partial charge in [-0.3, -0.25) is 24.4 Å². The zero-order chi connectivity index (χ0) is 26.8. The molecule has 0 aliphatic carbocycles. The van der Waals surface area contributed by atoms with E-state index in [4.69, 9.17) is 0 Å². The van der Waals surface area contributed by atoms with E-state index in [9.17, 15) is 32.8 Å². The Hall–Kier alpha value is -3.75. The van der Waals surface area contributed by atoms with Crippen molar-refractivity contribution in [3.05, 3.63) is 36.3 Å². The SMILES string of the molecule is C[C@H]1CCN(C(=O)[C@@H](NC(=O)C(F)(F)F)C(C)(C)C)[C@@H]1C(=O)N[C@H](C#N)c1cncc2cccnc12. The van der Waals surface area contributed by atoms with Gasteiger partial charge in [-0.05, 0) is 29.9 Å². The molecule has 2 aromatic rings. The summed E-state index contributed by atoms with van der Waals surface area (Å²) in [6, 6.07) is 1.79. The number of nitrogens with zero attached hydrogens (tertiary/aromatic N) is 4. The van der Waals surface area contributed by atoms with E-state index in [1.165, 1.54) is 31.9 Å². The molecule has 36 heavy (non-hydrogen) atoms. The van der Waals surface area contributed by atoms with Crippen molar-refractivity contribution in [3.8, 4) is 6.07 Å². The molecule has 0 aromatic carbocycles. The Morgan fingerprint density at radius 1 is 1.19 bits per heavy atom. The average Bonchev–Trinajstić information content (AvgIpc) is 3.20. The predicted molar refractivity (Wildman–Crippen MR) is 123 cm³/mol. The van der Waals surface area contributed by atoms with Crippen molar-refractivity contribution >= 4 is 28.6 Å². The molecule has 3 rings (SSSR count). The largest absolute Gasteiger partial charge is 0.471 e. The Morgan fingerprint density at radius 3 is 2.50 bits per heavy atom. The number of fused-ring (bicyclic) bond motifs is 1. The summed E-state index contributed by atoms with van der Waals surface area (Å²) in [6.45, 7) is 6.41. The Labute approximate surface area is 206 Å². The molecule has 3 heterocycles. The number of hydrogen-bond donors (Lipinski definition) is 2. The third kappa shape index (κ3) is 5.56. The molecule has 1 saturated heterocycles. The van der Waals surface area contributed by atoms with E-state index in [0.717, 1.165) is 0 Å². The number of hydrogen-bond acceptors (Lipinski definition) is 6. The monoisotopic (exact) mass is 504 g/mol. The Morgan fingerprint density at radius 2 is 1.89 bits per heavy atom. The maximum atomic E-state index is 13.4. The summed E-state index contributed by atoms with van der Waals surface area (Å²) in [5.41, 5.74) is -0.216. The summed E-state index contributed by atoms with van der Waals surface area (Å²) in [4.78, 5) is 47.9. The normalized spacial score (nSPS) is 19.9. The lowest BCUT2D eigenvalue weighted by molar-refractivity contribution is -0.176. The van der Waals surface area contributed by atoms with Crippen LogP contribution in [0.2, 0.25) is 0 Å². The number of aromatic nitrogens is 2. The number of nitrogens with one attached hydrogen (secondary N) is 2. The molecule has 0 spiro atoms. The first kappa shape index (κ1) is 26.8. The van der Waals surface area contributed by atoms with Crippen molar-refractivity contribution in [2.75, 3.05) is 6.54 Å². The lowest BCUT2D eigenvalue weighted by atomic mass is 9.85. The van der Waals surface area contributed by atoms with E-state index in [-0.39, 0.29) is 12.5 Å². The van der Waals surface area contributed by atoms with Crippen LogP contribution in [0, 0.1) is 22.7 Å². The minimum Gasteiger partial charge on any atom is -0.336 e. The Bertz CT molecular complexity index is 1200. The van der Waals surface area contributed by atoms with Crippen molar-refractivity contribution < 1.29 is 27.6 Å². The first-order valence-corrected chi connectivity index (χ1v) is 11.3. The second-order valence-electron chi connectivity index (χ2n) is 9.89. The lowest BCUT2D eigenvalue weighted by Gasteiger charge is -2.36. The molecule has 192 valence electrons. The summed E-state index contributed by atoms with van der Waals surface area (Å²) in [7, 11) is 0. The summed E-state index contributed by atoms with van der Waals surface area (Å²) in [6.07, 6.45) is -0.207. The highest BCUT2D eigenvalue weighted by molar-refractivity contribution is 5.94. The maximum Gasteiger partial charge on any atom is 0.471 e. The van der Waals surface area contributed by atoms with Gasteiger partial charge in [0.2, 0.25) is 11.8 Å². The third-order valence-corrected chi connectivity index (χ3v) is 6.16. The van der Waals surface area contributed by atoms with Crippen LogP contribution in [0.3, 0.4) is 0 Å². The summed E-state index contributed by atoms with van der Waals surface area (Å²) in [5.74, 6) is -4.00. The van der Waals surface area contributed by atoms with Gasteiger partial charge in [-0.15, -0.1) is 0 Å². The molecule has 1 aliphatic heterocycles. The van der Waals surface area contributed by atoms with Crippen LogP contribution in [-0.4, -0.2) is 57.4 Å². The highest BCUT2D eigenvalue weighted by atomic mass is 19.4. The fourth-order valence-electron chi connectivity index (χ4n) is 4.26. The van der Waals surface area contributed by atoms with E-state index >= 15 is 0 Å². The second-order valence-corrected chi connectivity index (χ2v) is 9.89. The molecule has 9 nitrogen and oxygen atoms in total. The molecule has 2 aromatic heterocycles. The van der Waals surface area contributed by atoms with Gasteiger partial charge in [0.15, 0.2) is 0 Å². The first-order chi connectivity index (χ1) is 16.8. The van der Waals surface area contributed by atoms with Crippen molar-refractivity contribution in [1.82, 2.24) is 25.5 Å². The molecule has 0 saturated carbocycles. The Balaban J connectivity index is 1.87. The number of alkyl halides is 3. The molecule has 1 fully saturated rings. The number of nitriles is 1. The number of carbonyl (C=O) groups excluding carboxylic acids is 3. The number of amides is 3. The summed E-state index contributed by atoms with van der Waals surface area (Å²) >= 11 is 0. The van der Waals surface area contributed by atoms with Gasteiger partial charge in [-0.1, -0.05) is 27.7 Å². The van der Waals surface area contributed by atoms with Gasteiger partial charge < -0.3 is 15.5 Å². The number of halogens is 3. The molecule has 2 N–H and O–H groups in total. The number of rotatable bonds is 5. The van der Waals surface area contributed by atoms with Gasteiger partial charge in [0, 0.05) is 36.1 Å². The fraction of sp³-hybridized carbons (Fsp3) is 0.500. The van der Waals surface area contributed by atoms with Crippen LogP contribution < -0.4 is 10.6 Å². The van der Waals surface area contributed by atoms with Gasteiger partial charge in [-0.2, -0.15) is 18.4 Å². The summed E-state index contributed by atoms with van der Waals surface area (Å²) in [5, 5.41) is 14.9. The van der Waals surface area contributed by atoms with Gasteiger partial charge in [0.1, 0.15) is 18.1 Å². The van der Waals surface area contributed by atoms with Crippen LogP contribution in [0.1, 0.15) is 45.7 Å². The van der Waals surface area contributed by atoms with Crippen molar-refractivity contribution in [1.29, 1.82) is 5.26 Å². The molecular weight excluding hydrogens is 477 g/mol. The highest BCUT2D eigenvalue weighted by Gasteiger charge is 2.48. The zero-order valence-electron chi connectivity index (χ0n) is 20.3. The minimum absolute atomic E-state index is 0.112. The van der Waals surface area contributed by atoms with Crippen LogP contribution in [0.15, 0.2) is 30.7 Å².